The number of carboxylic acids is 1. The first-order valence-electron chi connectivity index (χ1n) is 6.55. The first kappa shape index (κ1) is 17.3. The highest BCUT2D eigenvalue weighted by atomic mass is 32.2. The van der Waals surface area contributed by atoms with Crippen LogP contribution in [0.3, 0.4) is 0 Å². The first-order chi connectivity index (χ1) is 8.94. The molecular weight excluding hydrogens is 292 g/mol. The predicted octanol–water partition coefficient (Wildman–Crippen LogP) is 1.98. The number of aliphatic carboxylic acids is 1. The maximum absolute atomic E-state index is 13.5. The van der Waals surface area contributed by atoms with Gasteiger partial charge in [-0.25, -0.2) is 21.9 Å². The molecule has 1 fully saturated rings. The lowest BCUT2D eigenvalue weighted by molar-refractivity contribution is -0.137. The van der Waals surface area contributed by atoms with Crippen LogP contribution in [0.5, 0.6) is 0 Å². The van der Waals surface area contributed by atoms with Crippen molar-refractivity contribution < 1.29 is 27.1 Å². The third kappa shape index (κ3) is 5.32. The second-order valence-corrected chi connectivity index (χ2v) is 7.78. The lowest BCUT2D eigenvalue weighted by Crippen LogP contribution is -2.46. The van der Waals surface area contributed by atoms with Crippen LogP contribution in [0.2, 0.25) is 0 Å². The van der Waals surface area contributed by atoms with Gasteiger partial charge in [0.1, 0.15) is 0 Å². The van der Waals surface area contributed by atoms with Gasteiger partial charge in [-0.15, -0.1) is 0 Å². The van der Waals surface area contributed by atoms with Gasteiger partial charge in [0.15, 0.2) is 0 Å². The minimum Gasteiger partial charge on any atom is -0.481 e. The summed E-state index contributed by atoms with van der Waals surface area (Å²) in [7, 11) is -3.86. The number of nitrogens with one attached hydrogen (secondary N) is 1. The van der Waals surface area contributed by atoms with Gasteiger partial charge in [0.2, 0.25) is 10.0 Å². The Hall–Kier alpha value is -0.760. The Kier molecular flexibility index (Phi) is 5.13. The summed E-state index contributed by atoms with van der Waals surface area (Å²) in [6.07, 6.45) is 0.173. The summed E-state index contributed by atoms with van der Waals surface area (Å²) in [5, 5.41) is 8.60. The van der Waals surface area contributed by atoms with Crippen molar-refractivity contribution in [2.24, 2.45) is 5.92 Å². The standard InChI is InChI=1S/C12H21F2NO4S/c1-11(2,7-5-10(16)17)15-20(18,19)8-9-4-3-6-12(9,13)14/h9,15H,3-8H2,1-2H3,(H,16,17). The van der Waals surface area contributed by atoms with E-state index in [2.05, 4.69) is 4.72 Å². The molecule has 0 aromatic carbocycles. The molecule has 0 aromatic heterocycles. The van der Waals surface area contributed by atoms with E-state index in [9.17, 15) is 22.0 Å². The third-order valence-electron chi connectivity index (χ3n) is 3.48. The van der Waals surface area contributed by atoms with Gasteiger partial charge in [-0.2, -0.15) is 0 Å². The van der Waals surface area contributed by atoms with Crippen molar-refractivity contribution in [1.29, 1.82) is 0 Å². The summed E-state index contributed by atoms with van der Waals surface area (Å²) in [6.45, 7) is 3.08. The molecule has 0 saturated heterocycles. The van der Waals surface area contributed by atoms with Crippen LogP contribution in [0.1, 0.15) is 46.0 Å². The molecule has 20 heavy (non-hydrogen) atoms. The highest BCUT2D eigenvalue weighted by Gasteiger charge is 2.46. The SMILES string of the molecule is CC(C)(CCC(=O)O)NS(=O)(=O)CC1CCCC1(F)F. The Labute approximate surface area is 117 Å². The van der Waals surface area contributed by atoms with Crippen LogP contribution in [-0.4, -0.2) is 36.7 Å². The molecule has 1 aliphatic rings. The number of halogens is 2. The van der Waals surface area contributed by atoms with E-state index in [0.29, 0.717) is 6.42 Å². The van der Waals surface area contributed by atoms with Crippen LogP contribution < -0.4 is 4.72 Å². The topological polar surface area (TPSA) is 83.5 Å². The normalized spacial score (nSPS) is 22.9. The van der Waals surface area contributed by atoms with Crippen molar-refractivity contribution in [1.82, 2.24) is 4.72 Å². The first-order valence-corrected chi connectivity index (χ1v) is 8.20. The van der Waals surface area contributed by atoms with E-state index in [4.69, 9.17) is 5.11 Å². The van der Waals surface area contributed by atoms with E-state index in [1.807, 2.05) is 0 Å². The molecule has 0 heterocycles. The highest BCUT2D eigenvalue weighted by Crippen LogP contribution is 2.40. The summed E-state index contributed by atoms with van der Waals surface area (Å²) in [6, 6.07) is 0. The Morgan fingerprint density at radius 3 is 2.50 bits per heavy atom. The fourth-order valence-corrected chi connectivity index (χ4v) is 4.37. The number of carboxylic acid groups (broad SMARTS) is 1. The van der Waals surface area contributed by atoms with Gasteiger partial charge >= 0.3 is 5.97 Å². The van der Waals surface area contributed by atoms with Crippen molar-refractivity contribution >= 4 is 16.0 Å². The van der Waals surface area contributed by atoms with Crippen molar-refractivity contribution in [3.63, 3.8) is 0 Å². The quantitative estimate of drug-likeness (QED) is 0.753. The summed E-state index contributed by atoms with van der Waals surface area (Å²) in [5.41, 5.74) is -0.967. The van der Waals surface area contributed by atoms with Gasteiger partial charge in [0, 0.05) is 24.3 Å². The van der Waals surface area contributed by atoms with Crippen LogP contribution in [0.4, 0.5) is 8.78 Å². The van der Waals surface area contributed by atoms with Crippen molar-refractivity contribution in [2.75, 3.05) is 5.75 Å². The van der Waals surface area contributed by atoms with Gasteiger partial charge in [0.05, 0.1) is 5.75 Å². The number of sulfonamides is 1. The van der Waals surface area contributed by atoms with E-state index in [-0.39, 0.29) is 25.7 Å². The molecule has 0 radical (unpaired) electrons. The number of hydrogen-bond acceptors (Lipinski definition) is 3. The smallest absolute Gasteiger partial charge is 0.303 e. The Balaban J connectivity index is 2.63. The molecule has 0 amide bonds. The molecule has 2 N–H and O–H groups in total. The van der Waals surface area contributed by atoms with E-state index in [0.717, 1.165) is 0 Å². The van der Waals surface area contributed by atoms with Crippen LogP contribution in [0.25, 0.3) is 0 Å². The average molecular weight is 313 g/mol. The Bertz CT molecular complexity index is 462. The number of alkyl halides is 2. The third-order valence-corrected chi connectivity index (χ3v) is 5.18. The maximum atomic E-state index is 13.5. The summed E-state index contributed by atoms with van der Waals surface area (Å²) in [4.78, 5) is 10.5. The Morgan fingerprint density at radius 1 is 1.45 bits per heavy atom. The fraction of sp³-hybridized carbons (Fsp3) is 0.917. The Morgan fingerprint density at radius 2 is 2.05 bits per heavy atom. The molecule has 0 bridgehead atoms. The largest absolute Gasteiger partial charge is 0.481 e. The summed E-state index contributed by atoms with van der Waals surface area (Å²) >= 11 is 0. The lowest BCUT2D eigenvalue weighted by Gasteiger charge is -2.27. The lowest BCUT2D eigenvalue weighted by atomic mass is 10.0. The number of hydrogen-bond donors (Lipinski definition) is 2. The molecule has 8 heteroatoms. The molecule has 5 nitrogen and oxygen atoms in total. The maximum Gasteiger partial charge on any atom is 0.303 e. The fourth-order valence-electron chi connectivity index (χ4n) is 2.40. The van der Waals surface area contributed by atoms with E-state index >= 15 is 0 Å². The van der Waals surface area contributed by atoms with E-state index < -0.39 is 39.1 Å². The second kappa shape index (κ2) is 5.93. The second-order valence-electron chi connectivity index (χ2n) is 6.01. The zero-order valence-electron chi connectivity index (χ0n) is 11.7. The zero-order valence-corrected chi connectivity index (χ0v) is 12.5. The van der Waals surface area contributed by atoms with E-state index in [1.165, 1.54) is 0 Å². The van der Waals surface area contributed by atoms with Gasteiger partial charge in [-0.05, 0) is 33.1 Å². The number of rotatable bonds is 7. The molecular formula is C12H21F2NO4S. The van der Waals surface area contributed by atoms with Gasteiger partial charge < -0.3 is 5.11 Å². The van der Waals surface area contributed by atoms with Crippen LogP contribution >= 0.6 is 0 Å². The molecule has 1 unspecified atom stereocenters. The van der Waals surface area contributed by atoms with Crippen molar-refractivity contribution in [2.45, 2.75) is 57.4 Å². The molecule has 1 rings (SSSR count). The van der Waals surface area contributed by atoms with Crippen LogP contribution in [0.15, 0.2) is 0 Å². The minimum atomic E-state index is -3.86. The minimum absolute atomic E-state index is 0.0998. The van der Waals surface area contributed by atoms with Crippen LogP contribution in [-0.2, 0) is 14.8 Å². The molecule has 1 atom stereocenters. The number of carbonyl (C=O) groups is 1. The zero-order chi connectivity index (χ0) is 15.6. The molecule has 118 valence electrons. The van der Waals surface area contributed by atoms with Crippen LogP contribution in [0, 0.1) is 5.92 Å². The molecule has 1 saturated carbocycles. The predicted molar refractivity (Wildman–Crippen MR) is 70.2 cm³/mol. The summed E-state index contributed by atoms with van der Waals surface area (Å²) in [5.74, 6) is -5.73. The average Bonchev–Trinajstić information content (AvgIpc) is 2.53. The summed E-state index contributed by atoms with van der Waals surface area (Å²) < 4.78 is 53.1. The molecule has 0 aromatic rings. The van der Waals surface area contributed by atoms with Crippen molar-refractivity contribution in [3.8, 4) is 0 Å². The molecule has 1 aliphatic carbocycles. The molecule has 0 spiro atoms. The highest BCUT2D eigenvalue weighted by molar-refractivity contribution is 7.89. The van der Waals surface area contributed by atoms with Gasteiger partial charge in [-0.3, -0.25) is 4.79 Å². The monoisotopic (exact) mass is 313 g/mol. The van der Waals surface area contributed by atoms with Gasteiger partial charge in [-0.1, -0.05) is 0 Å². The van der Waals surface area contributed by atoms with Crippen molar-refractivity contribution in [3.05, 3.63) is 0 Å². The van der Waals surface area contributed by atoms with Gasteiger partial charge in [0.25, 0.3) is 5.92 Å². The molecule has 0 aliphatic heterocycles. The van der Waals surface area contributed by atoms with E-state index in [1.54, 1.807) is 13.8 Å².